The highest BCUT2D eigenvalue weighted by molar-refractivity contribution is 8.02. The number of rotatable bonds is 3. The highest BCUT2D eigenvalue weighted by Crippen LogP contribution is 2.55. The van der Waals surface area contributed by atoms with E-state index in [9.17, 15) is 14.4 Å². The van der Waals surface area contributed by atoms with E-state index in [1.165, 1.54) is 16.7 Å². The van der Waals surface area contributed by atoms with Gasteiger partial charge in [0, 0.05) is 17.7 Å². The first-order valence-electron chi connectivity index (χ1n) is 9.07. The van der Waals surface area contributed by atoms with Gasteiger partial charge in [0.15, 0.2) is 0 Å². The van der Waals surface area contributed by atoms with E-state index in [-0.39, 0.29) is 29.9 Å². The minimum atomic E-state index is -1.22. The summed E-state index contributed by atoms with van der Waals surface area (Å²) in [5, 5.41) is 0. The minimum Gasteiger partial charge on any atom is -0.283 e. The number of nitrogens with zero attached hydrogens (tertiary/aromatic N) is 2. The zero-order valence-electron chi connectivity index (χ0n) is 15.3. The molecule has 5 nitrogen and oxygen atoms in total. The zero-order valence-corrected chi connectivity index (χ0v) is 16.1. The van der Waals surface area contributed by atoms with Crippen molar-refractivity contribution in [2.24, 2.45) is 0 Å². The first-order chi connectivity index (χ1) is 13.0. The van der Waals surface area contributed by atoms with Gasteiger partial charge in [-0.05, 0) is 30.2 Å². The molecule has 2 aromatic rings. The predicted molar refractivity (Wildman–Crippen MR) is 107 cm³/mol. The van der Waals surface area contributed by atoms with Gasteiger partial charge in [0.1, 0.15) is 0 Å². The number of thioether (sulfide) groups is 1. The molecule has 138 valence electrons. The van der Waals surface area contributed by atoms with E-state index in [4.69, 9.17) is 0 Å². The first-order valence-corrected chi connectivity index (χ1v) is 10.1. The van der Waals surface area contributed by atoms with E-state index in [0.717, 1.165) is 12.0 Å². The number of benzene rings is 2. The van der Waals surface area contributed by atoms with Gasteiger partial charge in [-0.3, -0.25) is 19.3 Å². The lowest BCUT2D eigenvalue weighted by molar-refractivity contribution is -0.128. The largest absolute Gasteiger partial charge is 0.283 e. The molecule has 27 heavy (non-hydrogen) atoms. The normalized spacial score (nSPS) is 21.3. The van der Waals surface area contributed by atoms with Gasteiger partial charge in [-0.15, -0.1) is 11.8 Å². The molecule has 2 aromatic carbocycles. The number of carbonyl (C=O) groups excluding carboxylic acids is 3. The molecular weight excluding hydrogens is 360 g/mol. The van der Waals surface area contributed by atoms with Gasteiger partial charge in [-0.1, -0.05) is 44.2 Å². The summed E-state index contributed by atoms with van der Waals surface area (Å²) in [6.45, 7) is 3.80. The second-order valence-corrected chi connectivity index (χ2v) is 7.76. The van der Waals surface area contributed by atoms with Crippen LogP contribution in [0.25, 0.3) is 0 Å². The molecule has 0 saturated carbocycles. The van der Waals surface area contributed by atoms with Crippen LogP contribution in [-0.2, 0) is 25.7 Å². The van der Waals surface area contributed by atoms with Crippen LogP contribution >= 0.6 is 11.8 Å². The van der Waals surface area contributed by atoms with Crippen LogP contribution in [-0.4, -0.2) is 23.5 Å². The monoisotopic (exact) mass is 380 g/mol. The van der Waals surface area contributed by atoms with Crippen LogP contribution in [0.1, 0.15) is 31.4 Å². The Kier molecular flexibility index (Phi) is 4.30. The lowest BCUT2D eigenvalue weighted by atomic mass is 10.0. The van der Waals surface area contributed by atoms with Gasteiger partial charge in [0.05, 0.1) is 11.4 Å². The molecule has 1 saturated heterocycles. The molecule has 0 unspecified atom stereocenters. The second-order valence-electron chi connectivity index (χ2n) is 6.59. The van der Waals surface area contributed by atoms with Gasteiger partial charge in [0.25, 0.3) is 5.91 Å². The molecule has 0 aromatic heterocycles. The van der Waals surface area contributed by atoms with Crippen LogP contribution in [0.5, 0.6) is 0 Å². The predicted octanol–water partition coefficient (Wildman–Crippen LogP) is 3.47. The van der Waals surface area contributed by atoms with Crippen molar-refractivity contribution in [1.82, 2.24) is 0 Å². The first kappa shape index (κ1) is 17.8. The SMILES string of the molecule is CCC(=O)N1C(=O)[C@@]2(SCC(=O)N2c2ccc(CC)cc2)c2ccccc21. The summed E-state index contributed by atoms with van der Waals surface area (Å²) in [5.74, 6) is -0.543. The number of hydrogen-bond donors (Lipinski definition) is 0. The maximum atomic E-state index is 13.5. The van der Waals surface area contributed by atoms with Crippen LogP contribution in [0.3, 0.4) is 0 Å². The van der Waals surface area contributed by atoms with Crippen molar-refractivity contribution in [3.8, 4) is 0 Å². The number of amides is 3. The summed E-state index contributed by atoms with van der Waals surface area (Å²) >= 11 is 1.29. The van der Waals surface area contributed by atoms with Crippen molar-refractivity contribution in [1.29, 1.82) is 0 Å². The van der Waals surface area contributed by atoms with E-state index in [1.807, 2.05) is 42.5 Å². The van der Waals surface area contributed by atoms with E-state index in [1.54, 1.807) is 17.9 Å². The summed E-state index contributed by atoms with van der Waals surface area (Å²) < 4.78 is 0. The number of para-hydroxylation sites is 1. The number of hydrogen-bond acceptors (Lipinski definition) is 4. The Morgan fingerprint density at radius 1 is 1.07 bits per heavy atom. The van der Waals surface area contributed by atoms with Crippen molar-refractivity contribution >= 4 is 40.9 Å². The van der Waals surface area contributed by atoms with Crippen LogP contribution in [0.15, 0.2) is 48.5 Å². The van der Waals surface area contributed by atoms with Gasteiger partial charge >= 0.3 is 0 Å². The number of carbonyl (C=O) groups is 3. The summed E-state index contributed by atoms with van der Waals surface area (Å²) in [7, 11) is 0. The van der Waals surface area contributed by atoms with Gasteiger partial charge in [-0.25, -0.2) is 4.90 Å². The fourth-order valence-electron chi connectivity index (χ4n) is 3.77. The third kappa shape index (κ3) is 2.43. The van der Waals surface area contributed by atoms with Gasteiger partial charge in [-0.2, -0.15) is 0 Å². The second kappa shape index (κ2) is 6.53. The Hall–Kier alpha value is -2.60. The lowest BCUT2D eigenvalue weighted by Gasteiger charge is -2.33. The Morgan fingerprint density at radius 2 is 1.78 bits per heavy atom. The van der Waals surface area contributed by atoms with E-state index in [2.05, 4.69) is 6.92 Å². The standard InChI is InChI=1S/C21H20N2O3S/c1-3-14-9-11-15(12-10-14)23-19(25)13-27-21(23)16-7-5-6-8-17(16)22(20(21)26)18(24)4-2/h5-12H,3-4,13H2,1-2H3/t21-/m0/s1. The van der Waals surface area contributed by atoms with E-state index < -0.39 is 4.87 Å². The molecule has 3 amide bonds. The average Bonchev–Trinajstić information content (AvgIpc) is 3.17. The van der Waals surface area contributed by atoms with E-state index in [0.29, 0.717) is 16.9 Å². The molecule has 0 N–H and O–H groups in total. The summed E-state index contributed by atoms with van der Waals surface area (Å²) in [4.78, 5) is 40.5. The summed E-state index contributed by atoms with van der Waals surface area (Å²) in [6.07, 6.45) is 1.12. The van der Waals surface area contributed by atoms with Crippen molar-refractivity contribution in [3.05, 3.63) is 59.7 Å². The van der Waals surface area contributed by atoms with Crippen LogP contribution < -0.4 is 9.80 Å². The van der Waals surface area contributed by atoms with Crippen LogP contribution in [0.2, 0.25) is 0 Å². The number of fused-ring (bicyclic) bond motifs is 2. The fraction of sp³-hybridized carbons (Fsp3) is 0.286. The van der Waals surface area contributed by atoms with Crippen molar-refractivity contribution in [3.63, 3.8) is 0 Å². The molecule has 6 heteroatoms. The molecule has 1 fully saturated rings. The maximum absolute atomic E-state index is 13.5. The smallest absolute Gasteiger partial charge is 0.275 e. The number of anilines is 2. The van der Waals surface area contributed by atoms with Crippen LogP contribution in [0, 0.1) is 0 Å². The molecular formula is C21H20N2O3S. The van der Waals surface area contributed by atoms with Crippen molar-refractivity contribution in [2.45, 2.75) is 31.6 Å². The van der Waals surface area contributed by atoms with E-state index >= 15 is 0 Å². The molecule has 0 bridgehead atoms. The number of imide groups is 1. The highest BCUT2D eigenvalue weighted by Gasteiger charge is 2.61. The van der Waals surface area contributed by atoms with Crippen LogP contribution in [0.4, 0.5) is 11.4 Å². The average molecular weight is 380 g/mol. The molecule has 2 aliphatic rings. The summed E-state index contributed by atoms with van der Waals surface area (Å²) in [6, 6.07) is 15.0. The minimum absolute atomic E-state index is 0.127. The Bertz CT molecular complexity index is 941. The Morgan fingerprint density at radius 3 is 2.44 bits per heavy atom. The molecule has 1 atom stereocenters. The van der Waals surface area contributed by atoms with Gasteiger partial charge in [0.2, 0.25) is 16.7 Å². The quantitative estimate of drug-likeness (QED) is 0.818. The highest BCUT2D eigenvalue weighted by atomic mass is 32.2. The molecule has 4 rings (SSSR count). The number of aryl methyl sites for hydroxylation is 1. The maximum Gasteiger partial charge on any atom is 0.275 e. The Balaban J connectivity index is 1.90. The van der Waals surface area contributed by atoms with Crippen molar-refractivity contribution < 1.29 is 14.4 Å². The van der Waals surface area contributed by atoms with Crippen molar-refractivity contribution in [2.75, 3.05) is 15.6 Å². The molecule has 0 aliphatic carbocycles. The Labute approximate surface area is 162 Å². The molecule has 0 radical (unpaired) electrons. The topological polar surface area (TPSA) is 57.7 Å². The lowest BCUT2D eigenvalue weighted by Crippen LogP contribution is -2.50. The van der Waals surface area contributed by atoms with Gasteiger partial charge < -0.3 is 0 Å². The molecule has 2 heterocycles. The summed E-state index contributed by atoms with van der Waals surface area (Å²) in [5.41, 5.74) is 3.11. The molecule has 2 aliphatic heterocycles. The third-order valence-electron chi connectivity index (χ3n) is 5.13. The third-order valence-corrected chi connectivity index (χ3v) is 6.51. The fourth-order valence-corrected chi connectivity index (χ4v) is 5.11. The molecule has 1 spiro atoms. The zero-order chi connectivity index (χ0) is 19.2.